The van der Waals surface area contributed by atoms with Gasteiger partial charge in [0.05, 0.1) is 24.5 Å². The largest absolute Gasteiger partial charge is 0.497 e. The van der Waals surface area contributed by atoms with Crippen LogP contribution in [-0.4, -0.2) is 33.3 Å². The van der Waals surface area contributed by atoms with E-state index in [0.717, 1.165) is 35.1 Å². The van der Waals surface area contributed by atoms with Crippen molar-refractivity contribution in [3.05, 3.63) is 53.3 Å². The maximum absolute atomic E-state index is 5.24. The number of benzene rings is 1. The number of hydrogen-bond donors (Lipinski definition) is 0. The molecule has 26 heavy (non-hydrogen) atoms. The number of thiazole rings is 1. The van der Waals surface area contributed by atoms with Gasteiger partial charge in [0.15, 0.2) is 0 Å². The van der Waals surface area contributed by atoms with Crippen molar-refractivity contribution in [1.82, 2.24) is 19.7 Å². The van der Waals surface area contributed by atoms with Crippen LogP contribution in [0.4, 0.5) is 0 Å². The molecule has 136 valence electrons. The minimum Gasteiger partial charge on any atom is -0.497 e. The Kier molecular flexibility index (Phi) is 5.04. The van der Waals surface area contributed by atoms with Crippen molar-refractivity contribution in [1.29, 1.82) is 0 Å². The van der Waals surface area contributed by atoms with Gasteiger partial charge in [0, 0.05) is 30.7 Å². The molecule has 0 radical (unpaired) electrons. The smallest absolute Gasteiger partial charge is 0.123 e. The highest BCUT2D eigenvalue weighted by Gasteiger charge is 2.26. The fourth-order valence-electron chi connectivity index (χ4n) is 3.68. The van der Waals surface area contributed by atoms with Crippen molar-refractivity contribution in [2.75, 3.05) is 13.7 Å². The van der Waals surface area contributed by atoms with Crippen LogP contribution in [0.5, 0.6) is 5.75 Å². The predicted molar refractivity (Wildman–Crippen MR) is 104 cm³/mol. The molecule has 3 heterocycles. The Morgan fingerprint density at radius 1 is 1.19 bits per heavy atom. The summed E-state index contributed by atoms with van der Waals surface area (Å²) >= 11 is 1.71. The zero-order chi connectivity index (χ0) is 17.9. The zero-order valence-electron chi connectivity index (χ0n) is 15.3. The summed E-state index contributed by atoms with van der Waals surface area (Å²) in [6, 6.07) is 10.7. The van der Waals surface area contributed by atoms with E-state index in [0.29, 0.717) is 6.04 Å². The third-order valence-corrected chi connectivity index (χ3v) is 6.01. The molecule has 0 aliphatic carbocycles. The van der Waals surface area contributed by atoms with Gasteiger partial charge in [-0.15, -0.1) is 11.3 Å². The van der Waals surface area contributed by atoms with Crippen LogP contribution in [0, 0.1) is 0 Å². The molecule has 5 nitrogen and oxygen atoms in total. The highest BCUT2D eigenvalue weighted by molar-refractivity contribution is 7.13. The molecule has 0 spiro atoms. The topological polar surface area (TPSA) is 43.2 Å². The summed E-state index contributed by atoms with van der Waals surface area (Å²) in [5.74, 6) is 0.873. The Morgan fingerprint density at radius 2 is 2.04 bits per heavy atom. The highest BCUT2D eigenvalue weighted by atomic mass is 32.1. The standard InChI is InChI=1S/C20H24N4OS/c1-23-18(10-11-21-23)19-5-3-4-12-24(19)13-16-14-26-20(22-16)15-6-8-17(25-2)9-7-15/h6-11,14,19H,3-5,12-13H2,1-2H3. The highest BCUT2D eigenvalue weighted by Crippen LogP contribution is 2.33. The molecule has 0 saturated carbocycles. The van der Waals surface area contributed by atoms with Crippen LogP contribution in [0.15, 0.2) is 41.9 Å². The molecule has 6 heteroatoms. The fourth-order valence-corrected chi connectivity index (χ4v) is 4.50. The van der Waals surface area contributed by atoms with Crippen molar-refractivity contribution in [3.8, 4) is 16.3 Å². The van der Waals surface area contributed by atoms with Crippen molar-refractivity contribution < 1.29 is 4.74 Å². The summed E-state index contributed by atoms with van der Waals surface area (Å²) in [5, 5.41) is 7.61. The van der Waals surface area contributed by atoms with Crippen LogP contribution >= 0.6 is 11.3 Å². The molecule has 1 atom stereocenters. The maximum Gasteiger partial charge on any atom is 0.123 e. The van der Waals surface area contributed by atoms with Crippen LogP contribution in [0.2, 0.25) is 0 Å². The summed E-state index contributed by atoms with van der Waals surface area (Å²) < 4.78 is 7.24. The van der Waals surface area contributed by atoms with Crippen LogP contribution in [0.1, 0.15) is 36.7 Å². The van der Waals surface area contributed by atoms with Crippen LogP contribution in [0.3, 0.4) is 0 Å². The second kappa shape index (κ2) is 7.60. The van der Waals surface area contributed by atoms with Gasteiger partial charge in [-0.05, 0) is 49.7 Å². The second-order valence-electron chi connectivity index (χ2n) is 6.73. The molecule has 3 aromatic rings. The third kappa shape index (κ3) is 3.52. The first-order valence-electron chi connectivity index (χ1n) is 9.05. The van der Waals surface area contributed by atoms with Gasteiger partial charge in [0.2, 0.25) is 0 Å². The number of aryl methyl sites for hydroxylation is 1. The molecule has 1 aliphatic heterocycles. The SMILES string of the molecule is COc1ccc(-c2nc(CN3CCCCC3c3ccnn3C)cs2)cc1. The lowest BCUT2D eigenvalue weighted by Gasteiger charge is -2.35. The zero-order valence-corrected chi connectivity index (χ0v) is 16.1. The average Bonchev–Trinajstić information content (AvgIpc) is 3.31. The molecule has 0 N–H and O–H groups in total. The van der Waals surface area contributed by atoms with Crippen LogP contribution in [0.25, 0.3) is 10.6 Å². The first-order chi connectivity index (χ1) is 12.7. The fraction of sp³-hybridized carbons (Fsp3) is 0.400. The average molecular weight is 369 g/mol. The minimum atomic E-state index is 0.433. The number of aromatic nitrogens is 3. The minimum absolute atomic E-state index is 0.433. The van der Waals surface area contributed by atoms with Gasteiger partial charge in [-0.3, -0.25) is 9.58 Å². The lowest BCUT2D eigenvalue weighted by atomic mass is 9.99. The Morgan fingerprint density at radius 3 is 2.77 bits per heavy atom. The van der Waals surface area contributed by atoms with Gasteiger partial charge < -0.3 is 4.74 Å². The molecular formula is C20H24N4OS. The molecular weight excluding hydrogens is 344 g/mol. The van der Waals surface area contributed by atoms with Crippen molar-refractivity contribution in [2.24, 2.45) is 7.05 Å². The van der Waals surface area contributed by atoms with Crippen molar-refractivity contribution in [3.63, 3.8) is 0 Å². The molecule has 0 bridgehead atoms. The number of rotatable bonds is 5. The van der Waals surface area contributed by atoms with Crippen molar-refractivity contribution >= 4 is 11.3 Å². The number of methoxy groups -OCH3 is 1. The quantitative estimate of drug-likeness (QED) is 0.674. The van der Waals surface area contributed by atoms with Gasteiger partial charge in [-0.2, -0.15) is 5.10 Å². The van der Waals surface area contributed by atoms with E-state index in [1.54, 1.807) is 18.4 Å². The Hall–Kier alpha value is -2.18. The summed E-state index contributed by atoms with van der Waals surface area (Å²) in [5.41, 5.74) is 3.59. The summed E-state index contributed by atoms with van der Waals surface area (Å²) in [6.07, 6.45) is 5.62. The lowest BCUT2D eigenvalue weighted by molar-refractivity contribution is 0.132. The number of likely N-dealkylation sites (tertiary alicyclic amines) is 1. The second-order valence-corrected chi connectivity index (χ2v) is 7.59. The number of piperidine rings is 1. The third-order valence-electron chi connectivity index (χ3n) is 5.07. The van der Waals surface area contributed by atoms with E-state index in [4.69, 9.17) is 9.72 Å². The summed E-state index contributed by atoms with van der Waals surface area (Å²) in [7, 11) is 3.72. The van der Waals surface area contributed by atoms with Crippen LogP contribution in [-0.2, 0) is 13.6 Å². The molecule has 1 unspecified atom stereocenters. The molecule has 1 aromatic carbocycles. The van der Waals surface area contributed by atoms with Gasteiger partial charge >= 0.3 is 0 Å². The van der Waals surface area contributed by atoms with E-state index in [2.05, 4.69) is 33.6 Å². The molecule has 1 fully saturated rings. The Balaban J connectivity index is 1.51. The van der Waals surface area contributed by atoms with Gasteiger partial charge in [-0.1, -0.05) is 6.42 Å². The van der Waals surface area contributed by atoms with E-state index >= 15 is 0 Å². The Bertz CT molecular complexity index is 855. The van der Waals surface area contributed by atoms with Gasteiger partial charge in [0.1, 0.15) is 10.8 Å². The van der Waals surface area contributed by atoms with E-state index < -0.39 is 0 Å². The first-order valence-corrected chi connectivity index (χ1v) is 9.93. The molecule has 4 rings (SSSR count). The van der Waals surface area contributed by atoms with Gasteiger partial charge in [0.25, 0.3) is 0 Å². The summed E-state index contributed by atoms with van der Waals surface area (Å²) in [6.45, 7) is 2.01. The molecule has 2 aromatic heterocycles. The monoisotopic (exact) mass is 368 g/mol. The molecule has 0 amide bonds. The maximum atomic E-state index is 5.24. The van der Waals surface area contributed by atoms with Crippen molar-refractivity contribution in [2.45, 2.75) is 31.8 Å². The lowest BCUT2D eigenvalue weighted by Crippen LogP contribution is -2.34. The molecule has 1 saturated heterocycles. The predicted octanol–water partition coefficient (Wildman–Crippen LogP) is 4.28. The first kappa shape index (κ1) is 17.2. The number of ether oxygens (including phenoxy) is 1. The normalized spacial score (nSPS) is 18.2. The van der Waals surface area contributed by atoms with E-state index in [-0.39, 0.29) is 0 Å². The Labute approximate surface area is 158 Å². The molecule has 1 aliphatic rings. The van der Waals surface area contributed by atoms with Gasteiger partial charge in [-0.25, -0.2) is 4.98 Å². The number of hydrogen-bond acceptors (Lipinski definition) is 5. The van der Waals surface area contributed by atoms with E-state index in [1.165, 1.54) is 25.0 Å². The van der Waals surface area contributed by atoms with E-state index in [1.807, 2.05) is 30.1 Å². The summed E-state index contributed by atoms with van der Waals surface area (Å²) in [4.78, 5) is 7.43. The van der Waals surface area contributed by atoms with E-state index in [9.17, 15) is 0 Å². The van der Waals surface area contributed by atoms with Crippen LogP contribution < -0.4 is 4.74 Å². The number of nitrogens with zero attached hydrogens (tertiary/aromatic N) is 4.